The van der Waals surface area contributed by atoms with E-state index in [2.05, 4.69) is 44.6 Å². The van der Waals surface area contributed by atoms with E-state index in [1.165, 1.54) is 18.8 Å². The first kappa shape index (κ1) is 20.3. The first-order chi connectivity index (χ1) is 14.1. The minimum atomic E-state index is -0.262. The van der Waals surface area contributed by atoms with Gasteiger partial charge in [0.25, 0.3) is 0 Å². The molecule has 1 amide bonds. The standard InChI is InChI=1S/C22H23N5O2/c1-3-16-4-6-17(7-5-16)18-10-20(22(15(2)28)25-11-18)27-21(29)13-24-12-19-8-9-23-14-26-19/h4-11,14,24H,3,12-13H2,1-2H3,(H,27,29). The van der Waals surface area contributed by atoms with Gasteiger partial charge in [-0.25, -0.2) is 9.97 Å². The lowest BCUT2D eigenvalue weighted by molar-refractivity contribution is -0.115. The molecule has 0 fully saturated rings. The van der Waals surface area contributed by atoms with E-state index in [9.17, 15) is 9.59 Å². The minimum Gasteiger partial charge on any atom is -0.323 e. The van der Waals surface area contributed by atoms with Gasteiger partial charge < -0.3 is 10.6 Å². The Kier molecular flexibility index (Phi) is 6.76. The number of nitrogens with one attached hydrogen (secondary N) is 2. The average Bonchev–Trinajstić information content (AvgIpc) is 2.74. The maximum Gasteiger partial charge on any atom is 0.238 e. The number of aryl methyl sites for hydroxylation is 1. The first-order valence-electron chi connectivity index (χ1n) is 9.42. The molecule has 7 heteroatoms. The molecule has 3 rings (SSSR count). The van der Waals surface area contributed by atoms with Crippen LogP contribution in [-0.2, 0) is 17.8 Å². The highest BCUT2D eigenvalue weighted by Crippen LogP contribution is 2.25. The predicted molar refractivity (Wildman–Crippen MR) is 111 cm³/mol. The summed E-state index contributed by atoms with van der Waals surface area (Å²) in [7, 11) is 0. The second-order valence-electron chi connectivity index (χ2n) is 6.58. The number of hydrogen-bond acceptors (Lipinski definition) is 6. The van der Waals surface area contributed by atoms with E-state index in [0.717, 1.165) is 23.2 Å². The number of amides is 1. The second kappa shape index (κ2) is 9.66. The highest BCUT2D eigenvalue weighted by Gasteiger charge is 2.13. The zero-order chi connectivity index (χ0) is 20.6. The molecule has 1 aromatic carbocycles. The van der Waals surface area contributed by atoms with Gasteiger partial charge in [0.1, 0.15) is 12.0 Å². The Morgan fingerprint density at radius 1 is 1.03 bits per heavy atom. The van der Waals surface area contributed by atoms with Gasteiger partial charge in [0, 0.05) is 31.4 Å². The van der Waals surface area contributed by atoms with E-state index < -0.39 is 0 Å². The molecule has 0 radical (unpaired) electrons. The van der Waals surface area contributed by atoms with Crippen molar-refractivity contribution in [3.63, 3.8) is 0 Å². The number of nitrogens with zero attached hydrogens (tertiary/aromatic N) is 3. The number of hydrogen-bond donors (Lipinski definition) is 2. The number of ketones is 1. The van der Waals surface area contributed by atoms with Crippen LogP contribution in [0.15, 0.2) is 55.1 Å². The van der Waals surface area contributed by atoms with Gasteiger partial charge in [-0.3, -0.25) is 14.6 Å². The van der Waals surface area contributed by atoms with Crippen LogP contribution >= 0.6 is 0 Å². The molecule has 0 spiro atoms. The fourth-order valence-corrected chi connectivity index (χ4v) is 2.85. The average molecular weight is 389 g/mol. The number of Topliss-reactive ketones (excluding diaryl/α,β-unsaturated/α-hetero) is 1. The third-order valence-electron chi connectivity index (χ3n) is 4.43. The lowest BCUT2D eigenvalue weighted by Crippen LogP contribution is -2.28. The smallest absolute Gasteiger partial charge is 0.238 e. The van der Waals surface area contributed by atoms with Crippen LogP contribution in [0.5, 0.6) is 0 Å². The molecular formula is C22H23N5O2. The van der Waals surface area contributed by atoms with Gasteiger partial charge in [0.05, 0.1) is 17.9 Å². The Bertz CT molecular complexity index is 988. The van der Waals surface area contributed by atoms with Crippen molar-refractivity contribution in [2.75, 3.05) is 11.9 Å². The molecule has 0 atom stereocenters. The molecule has 2 N–H and O–H groups in total. The van der Waals surface area contributed by atoms with Crippen LogP contribution in [0.3, 0.4) is 0 Å². The quantitative estimate of drug-likeness (QED) is 0.575. The Hall–Kier alpha value is -3.45. The fourth-order valence-electron chi connectivity index (χ4n) is 2.85. The van der Waals surface area contributed by atoms with Crippen LogP contribution in [-0.4, -0.2) is 33.2 Å². The topological polar surface area (TPSA) is 96.9 Å². The van der Waals surface area contributed by atoms with E-state index in [1.54, 1.807) is 24.5 Å². The highest BCUT2D eigenvalue weighted by molar-refractivity contribution is 6.03. The van der Waals surface area contributed by atoms with E-state index >= 15 is 0 Å². The lowest BCUT2D eigenvalue weighted by Gasteiger charge is -2.12. The van der Waals surface area contributed by atoms with Gasteiger partial charge in [-0.2, -0.15) is 0 Å². The summed E-state index contributed by atoms with van der Waals surface area (Å²) in [6, 6.07) is 11.7. The maximum absolute atomic E-state index is 12.4. The molecular weight excluding hydrogens is 366 g/mol. The largest absolute Gasteiger partial charge is 0.323 e. The van der Waals surface area contributed by atoms with E-state index in [1.807, 2.05) is 12.1 Å². The van der Waals surface area contributed by atoms with Crippen LogP contribution in [0.1, 0.15) is 35.6 Å². The van der Waals surface area contributed by atoms with Crippen molar-refractivity contribution in [1.82, 2.24) is 20.3 Å². The molecule has 0 saturated heterocycles. The van der Waals surface area contributed by atoms with Crippen molar-refractivity contribution >= 4 is 17.4 Å². The SMILES string of the molecule is CCc1ccc(-c2cnc(C(C)=O)c(NC(=O)CNCc3ccncn3)c2)cc1. The third-order valence-corrected chi connectivity index (χ3v) is 4.43. The molecule has 0 unspecified atom stereocenters. The summed E-state index contributed by atoms with van der Waals surface area (Å²) in [6.45, 7) is 4.06. The molecule has 148 valence electrons. The monoisotopic (exact) mass is 389 g/mol. The number of pyridine rings is 1. The van der Waals surface area contributed by atoms with Gasteiger partial charge in [0.15, 0.2) is 5.78 Å². The van der Waals surface area contributed by atoms with Crippen molar-refractivity contribution in [2.24, 2.45) is 0 Å². The molecule has 0 aliphatic heterocycles. The number of benzene rings is 1. The van der Waals surface area contributed by atoms with Crippen LogP contribution in [0.2, 0.25) is 0 Å². The van der Waals surface area contributed by atoms with Crippen LogP contribution in [0, 0.1) is 0 Å². The van der Waals surface area contributed by atoms with Crippen molar-refractivity contribution < 1.29 is 9.59 Å². The Labute approximate surface area is 169 Å². The minimum absolute atomic E-state index is 0.0801. The van der Waals surface area contributed by atoms with Crippen molar-refractivity contribution in [3.8, 4) is 11.1 Å². The first-order valence-corrected chi connectivity index (χ1v) is 9.42. The Morgan fingerprint density at radius 2 is 1.83 bits per heavy atom. The molecule has 0 aliphatic carbocycles. The molecule has 29 heavy (non-hydrogen) atoms. The molecule has 0 bridgehead atoms. The number of carbonyl (C=O) groups is 2. The summed E-state index contributed by atoms with van der Waals surface area (Å²) in [4.78, 5) is 36.5. The number of anilines is 1. The van der Waals surface area contributed by atoms with Gasteiger partial charge in [-0.1, -0.05) is 31.2 Å². The molecule has 3 aromatic rings. The zero-order valence-electron chi connectivity index (χ0n) is 16.5. The maximum atomic E-state index is 12.4. The van der Waals surface area contributed by atoms with Crippen molar-refractivity contribution in [1.29, 1.82) is 0 Å². The molecule has 7 nitrogen and oxygen atoms in total. The van der Waals surface area contributed by atoms with Crippen molar-refractivity contribution in [2.45, 2.75) is 26.8 Å². The molecule has 0 saturated carbocycles. The summed E-state index contributed by atoms with van der Waals surface area (Å²) in [5, 5.41) is 5.82. The van der Waals surface area contributed by atoms with E-state index in [4.69, 9.17) is 0 Å². The second-order valence-corrected chi connectivity index (χ2v) is 6.58. The fraction of sp³-hybridized carbons (Fsp3) is 0.227. The van der Waals surface area contributed by atoms with Crippen LogP contribution in [0.25, 0.3) is 11.1 Å². The predicted octanol–water partition coefficient (Wildman–Crippen LogP) is 3.03. The number of aromatic nitrogens is 3. The summed E-state index contributed by atoms with van der Waals surface area (Å²) in [6.07, 6.45) is 5.72. The zero-order valence-corrected chi connectivity index (χ0v) is 16.5. The lowest BCUT2D eigenvalue weighted by atomic mass is 10.0. The van der Waals surface area contributed by atoms with Crippen molar-refractivity contribution in [3.05, 3.63) is 72.1 Å². The van der Waals surface area contributed by atoms with Gasteiger partial charge in [-0.15, -0.1) is 0 Å². The Balaban J connectivity index is 1.71. The summed E-state index contributed by atoms with van der Waals surface area (Å²) >= 11 is 0. The molecule has 2 heterocycles. The number of carbonyl (C=O) groups excluding carboxylic acids is 2. The van der Waals surface area contributed by atoms with Gasteiger partial charge in [-0.05, 0) is 29.7 Å². The van der Waals surface area contributed by atoms with E-state index in [-0.39, 0.29) is 23.9 Å². The Morgan fingerprint density at radius 3 is 2.48 bits per heavy atom. The summed E-state index contributed by atoms with van der Waals surface area (Å²) < 4.78 is 0. The van der Waals surface area contributed by atoms with Crippen LogP contribution < -0.4 is 10.6 Å². The highest BCUT2D eigenvalue weighted by atomic mass is 16.2. The number of rotatable bonds is 8. The van der Waals surface area contributed by atoms with Gasteiger partial charge in [0.2, 0.25) is 5.91 Å². The van der Waals surface area contributed by atoms with Crippen LogP contribution in [0.4, 0.5) is 5.69 Å². The molecule has 0 aliphatic rings. The van der Waals surface area contributed by atoms with E-state index in [0.29, 0.717) is 12.2 Å². The molecule has 2 aromatic heterocycles. The normalized spacial score (nSPS) is 10.6. The third kappa shape index (κ3) is 5.52. The van der Waals surface area contributed by atoms with Gasteiger partial charge >= 0.3 is 0 Å². The summed E-state index contributed by atoms with van der Waals surface area (Å²) in [5.74, 6) is -0.469. The summed E-state index contributed by atoms with van der Waals surface area (Å²) in [5.41, 5.74) is 4.48.